The van der Waals surface area contributed by atoms with Crippen molar-refractivity contribution in [2.24, 2.45) is 0 Å². The molecule has 2 aromatic carbocycles. The van der Waals surface area contributed by atoms with Crippen LogP contribution in [0, 0.1) is 0 Å². The molecule has 0 spiro atoms. The highest BCUT2D eigenvalue weighted by molar-refractivity contribution is 5.53. The lowest BCUT2D eigenvalue weighted by atomic mass is 10.1. The van der Waals surface area contributed by atoms with Crippen molar-refractivity contribution < 1.29 is 4.74 Å². The van der Waals surface area contributed by atoms with Crippen LogP contribution >= 0.6 is 0 Å². The first kappa shape index (κ1) is 11.9. The van der Waals surface area contributed by atoms with Crippen molar-refractivity contribution in [1.29, 1.82) is 0 Å². The highest BCUT2D eigenvalue weighted by atomic mass is 16.5. The van der Waals surface area contributed by atoms with E-state index in [1.807, 2.05) is 24.3 Å². The van der Waals surface area contributed by atoms with E-state index in [0.29, 0.717) is 0 Å². The molecule has 3 rings (SSSR count). The van der Waals surface area contributed by atoms with E-state index in [1.165, 1.54) is 16.8 Å². The number of fused-ring (bicyclic) bond motifs is 1. The number of nitrogens with zero attached hydrogens (tertiary/aromatic N) is 1. The molecule has 0 bridgehead atoms. The zero-order valence-electron chi connectivity index (χ0n) is 11.1. The highest BCUT2D eigenvalue weighted by Gasteiger charge is 2.12. The van der Waals surface area contributed by atoms with E-state index in [-0.39, 0.29) is 0 Å². The summed E-state index contributed by atoms with van der Waals surface area (Å²) in [7, 11) is 2.09. The predicted octanol–water partition coefficient (Wildman–Crippen LogP) is 2.84. The summed E-state index contributed by atoms with van der Waals surface area (Å²) in [6.45, 7) is 1.70. The Balaban J connectivity index is 1.75. The van der Waals surface area contributed by atoms with E-state index in [2.05, 4.69) is 30.1 Å². The van der Waals surface area contributed by atoms with E-state index in [1.54, 1.807) is 0 Å². The third kappa shape index (κ3) is 2.50. The van der Waals surface area contributed by atoms with Crippen LogP contribution in [0.15, 0.2) is 42.5 Å². The smallest absolute Gasteiger partial charge is 0.122 e. The number of benzene rings is 2. The summed E-state index contributed by atoms with van der Waals surface area (Å²) in [6.07, 6.45) is 1.02. The zero-order chi connectivity index (χ0) is 13.2. The van der Waals surface area contributed by atoms with Crippen molar-refractivity contribution in [2.75, 3.05) is 24.3 Å². The molecule has 0 saturated heterocycles. The maximum atomic E-state index is 5.71. The molecule has 19 heavy (non-hydrogen) atoms. The molecule has 98 valence electrons. The fraction of sp³-hybridized carbons (Fsp3) is 0.250. The molecule has 0 fully saturated rings. The van der Waals surface area contributed by atoms with E-state index < -0.39 is 0 Å². The maximum absolute atomic E-state index is 5.71. The Bertz CT molecular complexity index is 578. The molecule has 0 aromatic heterocycles. The van der Waals surface area contributed by atoms with E-state index in [4.69, 9.17) is 10.5 Å². The summed E-state index contributed by atoms with van der Waals surface area (Å²) >= 11 is 0. The lowest BCUT2D eigenvalue weighted by molar-refractivity contribution is 0.357. The Kier molecular flexibility index (Phi) is 3.03. The minimum atomic E-state index is 0.798. The second-order valence-electron chi connectivity index (χ2n) is 4.99. The van der Waals surface area contributed by atoms with Crippen molar-refractivity contribution in [3.05, 3.63) is 53.6 Å². The van der Waals surface area contributed by atoms with Gasteiger partial charge in [-0.3, -0.25) is 0 Å². The summed E-state index contributed by atoms with van der Waals surface area (Å²) in [5, 5.41) is 0. The normalized spacial score (nSPS) is 12.9. The number of rotatable bonds is 3. The maximum Gasteiger partial charge on any atom is 0.122 e. The fourth-order valence-electron chi connectivity index (χ4n) is 2.43. The molecule has 2 N–H and O–H groups in total. The average molecular weight is 254 g/mol. The molecule has 1 aliphatic heterocycles. The van der Waals surface area contributed by atoms with E-state index in [0.717, 1.165) is 31.0 Å². The molecule has 0 saturated carbocycles. The number of hydrogen-bond donors (Lipinski definition) is 1. The van der Waals surface area contributed by atoms with Gasteiger partial charge in [-0.1, -0.05) is 12.1 Å². The molecule has 0 unspecified atom stereocenters. The lowest BCUT2D eigenvalue weighted by Crippen LogP contribution is -2.16. The molecule has 0 atom stereocenters. The van der Waals surface area contributed by atoms with Crippen molar-refractivity contribution >= 4 is 11.4 Å². The quantitative estimate of drug-likeness (QED) is 0.856. The monoisotopic (exact) mass is 254 g/mol. The molecule has 3 heteroatoms. The molecule has 1 heterocycles. The van der Waals surface area contributed by atoms with Gasteiger partial charge in [0.15, 0.2) is 0 Å². The van der Waals surface area contributed by atoms with Crippen LogP contribution in [0.25, 0.3) is 0 Å². The fourth-order valence-corrected chi connectivity index (χ4v) is 2.43. The Morgan fingerprint density at radius 3 is 2.74 bits per heavy atom. The van der Waals surface area contributed by atoms with Gasteiger partial charge in [-0.25, -0.2) is 0 Å². The Labute approximate surface area is 113 Å². The average Bonchev–Trinajstić information content (AvgIpc) is 2.87. The van der Waals surface area contributed by atoms with Gasteiger partial charge >= 0.3 is 0 Å². The van der Waals surface area contributed by atoms with Crippen molar-refractivity contribution in [3.8, 4) is 5.75 Å². The number of nitrogens with two attached hydrogens (primary N) is 1. The van der Waals surface area contributed by atoms with Crippen LogP contribution in [0.4, 0.5) is 11.4 Å². The molecule has 0 amide bonds. The first-order chi connectivity index (χ1) is 9.22. The van der Waals surface area contributed by atoms with Gasteiger partial charge < -0.3 is 15.4 Å². The number of hydrogen-bond acceptors (Lipinski definition) is 3. The molecule has 0 aliphatic carbocycles. The largest absolute Gasteiger partial charge is 0.493 e. The SMILES string of the molecule is CN(Cc1ccc2c(c1)CCO2)c1ccc(N)cc1. The van der Waals surface area contributed by atoms with Gasteiger partial charge in [0.25, 0.3) is 0 Å². The van der Waals surface area contributed by atoms with Crippen LogP contribution in [0.5, 0.6) is 5.75 Å². The topological polar surface area (TPSA) is 38.5 Å². The minimum Gasteiger partial charge on any atom is -0.493 e. The van der Waals surface area contributed by atoms with Gasteiger partial charge in [0.1, 0.15) is 5.75 Å². The van der Waals surface area contributed by atoms with E-state index >= 15 is 0 Å². The summed E-state index contributed by atoms with van der Waals surface area (Å²) in [5.41, 5.74) is 10.3. The minimum absolute atomic E-state index is 0.798. The first-order valence-electron chi connectivity index (χ1n) is 6.54. The Hall–Kier alpha value is -2.16. The standard InChI is InChI=1S/C16H18N2O/c1-18(15-5-3-14(17)4-6-15)11-12-2-7-16-13(10-12)8-9-19-16/h2-7,10H,8-9,11,17H2,1H3. The van der Waals surface area contributed by atoms with Crippen LogP contribution in [0.2, 0.25) is 0 Å². The van der Waals surface area contributed by atoms with Gasteiger partial charge in [-0.15, -0.1) is 0 Å². The van der Waals surface area contributed by atoms with Crippen LogP contribution in [0.3, 0.4) is 0 Å². The number of nitrogen functional groups attached to an aromatic ring is 1. The Morgan fingerprint density at radius 2 is 1.95 bits per heavy atom. The van der Waals surface area contributed by atoms with Crippen LogP contribution in [-0.2, 0) is 13.0 Å². The molecule has 0 radical (unpaired) electrons. The van der Waals surface area contributed by atoms with Crippen LogP contribution < -0.4 is 15.4 Å². The second kappa shape index (κ2) is 4.84. The summed E-state index contributed by atoms with van der Waals surface area (Å²) in [5.74, 6) is 1.04. The van der Waals surface area contributed by atoms with E-state index in [9.17, 15) is 0 Å². The number of anilines is 2. The first-order valence-corrected chi connectivity index (χ1v) is 6.54. The van der Waals surface area contributed by atoms with Crippen molar-refractivity contribution in [1.82, 2.24) is 0 Å². The van der Waals surface area contributed by atoms with Crippen molar-refractivity contribution in [2.45, 2.75) is 13.0 Å². The molecule has 2 aromatic rings. The van der Waals surface area contributed by atoms with Gasteiger partial charge in [-0.2, -0.15) is 0 Å². The van der Waals surface area contributed by atoms with Gasteiger partial charge in [0.05, 0.1) is 6.61 Å². The van der Waals surface area contributed by atoms with Crippen LogP contribution in [-0.4, -0.2) is 13.7 Å². The lowest BCUT2D eigenvalue weighted by Gasteiger charge is -2.20. The highest BCUT2D eigenvalue weighted by Crippen LogP contribution is 2.27. The van der Waals surface area contributed by atoms with Gasteiger partial charge in [0, 0.05) is 31.4 Å². The molecular weight excluding hydrogens is 236 g/mol. The summed E-state index contributed by atoms with van der Waals surface area (Å²) < 4.78 is 5.53. The van der Waals surface area contributed by atoms with Gasteiger partial charge in [-0.05, 0) is 41.5 Å². The third-order valence-electron chi connectivity index (χ3n) is 3.51. The molecule has 3 nitrogen and oxygen atoms in total. The zero-order valence-corrected chi connectivity index (χ0v) is 11.1. The second-order valence-corrected chi connectivity index (χ2v) is 4.99. The molecular formula is C16H18N2O. The summed E-state index contributed by atoms with van der Waals surface area (Å²) in [6, 6.07) is 14.4. The molecule has 1 aliphatic rings. The predicted molar refractivity (Wildman–Crippen MR) is 78.6 cm³/mol. The third-order valence-corrected chi connectivity index (χ3v) is 3.51. The van der Waals surface area contributed by atoms with Crippen LogP contribution in [0.1, 0.15) is 11.1 Å². The van der Waals surface area contributed by atoms with Crippen molar-refractivity contribution in [3.63, 3.8) is 0 Å². The number of ether oxygens (including phenoxy) is 1. The van der Waals surface area contributed by atoms with Gasteiger partial charge in [0.2, 0.25) is 0 Å². The Morgan fingerprint density at radius 1 is 1.16 bits per heavy atom. The summed E-state index contributed by atoms with van der Waals surface area (Å²) in [4.78, 5) is 2.22.